The number of fused-ring (bicyclic) bond motifs is 1. The van der Waals surface area contributed by atoms with Crippen LogP contribution < -0.4 is 16.0 Å². The second-order valence-corrected chi connectivity index (χ2v) is 8.82. The van der Waals surface area contributed by atoms with Crippen molar-refractivity contribution in [3.8, 4) is 11.4 Å². The largest absolute Gasteiger partial charge is 0.449 e. The van der Waals surface area contributed by atoms with E-state index in [9.17, 15) is 24.0 Å². The van der Waals surface area contributed by atoms with Crippen LogP contribution in [0, 0.1) is 0 Å². The highest BCUT2D eigenvalue weighted by Gasteiger charge is 2.43. The molecule has 2 aliphatic heterocycles. The highest BCUT2D eigenvalue weighted by atomic mass is 16.6. The monoisotopic (exact) mass is 521 g/mol. The molecule has 3 amide bonds. The Balaban J connectivity index is 1.35. The Hall–Kier alpha value is -4.78. The number of anilines is 2. The van der Waals surface area contributed by atoms with Crippen LogP contribution in [0.5, 0.6) is 0 Å². The Labute approximate surface area is 215 Å². The van der Waals surface area contributed by atoms with E-state index in [2.05, 4.69) is 20.0 Å². The molecule has 5 rings (SSSR count). The van der Waals surface area contributed by atoms with Crippen LogP contribution in [0.1, 0.15) is 22.8 Å². The van der Waals surface area contributed by atoms with Gasteiger partial charge in [-0.25, -0.2) is 4.79 Å². The first-order chi connectivity index (χ1) is 18.2. The van der Waals surface area contributed by atoms with Crippen molar-refractivity contribution in [1.29, 1.82) is 0 Å². The summed E-state index contributed by atoms with van der Waals surface area (Å²) in [5, 5.41) is 6.21. The predicted molar refractivity (Wildman–Crippen MR) is 131 cm³/mol. The molecule has 13 heteroatoms. The number of carbonyl (C=O) groups excluding carboxylic acids is 4. The van der Waals surface area contributed by atoms with Gasteiger partial charge in [-0.15, -0.1) is 0 Å². The molecule has 0 radical (unpaired) electrons. The van der Waals surface area contributed by atoms with E-state index in [1.54, 1.807) is 54.4 Å². The molecular formula is C25H23N5O8. The molecule has 196 valence electrons. The van der Waals surface area contributed by atoms with Crippen LogP contribution in [0.15, 0.2) is 51.8 Å². The smallest absolute Gasteiger partial charge is 0.439 e. The normalized spacial score (nSPS) is 17.8. The van der Waals surface area contributed by atoms with E-state index >= 15 is 0 Å². The van der Waals surface area contributed by atoms with Crippen molar-refractivity contribution in [3.05, 3.63) is 64.1 Å². The number of rotatable bonds is 6. The van der Waals surface area contributed by atoms with Crippen molar-refractivity contribution < 1.29 is 33.2 Å². The van der Waals surface area contributed by atoms with Crippen LogP contribution in [0.2, 0.25) is 0 Å². The number of benzene rings is 2. The second kappa shape index (κ2) is 9.94. The highest BCUT2D eigenvalue weighted by molar-refractivity contribution is 6.06. The van der Waals surface area contributed by atoms with Crippen LogP contribution in [0.3, 0.4) is 0 Å². The minimum Gasteiger partial charge on any atom is -0.449 e. The van der Waals surface area contributed by atoms with Gasteiger partial charge in [0.05, 0.1) is 6.61 Å². The number of nitrogens with one attached hydrogen (secondary N) is 2. The zero-order valence-electron chi connectivity index (χ0n) is 20.4. The molecule has 1 aromatic heterocycles. The third-order valence-electron chi connectivity index (χ3n) is 6.20. The van der Waals surface area contributed by atoms with Gasteiger partial charge in [0.15, 0.2) is 11.9 Å². The van der Waals surface area contributed by atoms with Crippen molar-refractivity contribution in [2.75, 3.05) is 30.4 Å². The molecule has 2 atom stereocenters. The summed E-state index contributed by atoms with van der Waals surface area (Å²) in [6, 6.07) is 11.4. The summed E-state index contributed by atoms with van der Waals surface area (Å²) >= 11 is 0. The van der Waals surface area contributed by atoms with Crippen molar-refractivity contribution in [2.45, 2.75) is 25.7 Å². The fourth-order valence-corrected chi connectivity index (χ4v) is 4.39. The number of amides is 3. The molecule has 1 saturated heterocycles. The molecule has 1 fully saturated rings. The zero-order chi connectivity index (χ0) is 27.0. The average molecular weight is 521 g/mol. The van der Waals surface area contributed by atoms with Gasteiger partial charge < -0.3 is 24.6 Å². The van der Waals surface area contributed by atoms with E-state index in [1.807, 2.05) is 0 Å². The summed E-state index contributed by atoms with van der Waals surface area (Å²) in [6.07, 6.45) is -2.98. The molecule has 38 heavy (non-hydrogen) atoms. The standard InChI is InChI=1S/C25H23N5O8/c1-13(31)37-19(22(32)26-16-6-3-14(4-7-16)21-27-25(35)38-28-21)20-24(34)30(9-10-36-20)17-8-5-15-12-29(2)23(33)18(15)11-17/h3-8,11,19-20H,9-10,12H2,1-2H3,(H,26,32)(H,27,28,35). The quantitative estimate of drug-likeness (QED) is 0.449. The van der Waals surface area contributed by atoms with Crippen LogP contribution in [0.25, 0.3) is 11.4 Å². The minimum atomic E-state index is -1.57. The average Bonchev–Trinajstić information content (AvgIpc) is 3.45. The Morgan fingerprint density at radius 2 is 1.92 bits per heavy atom. The fraction of sp³-hybridized carbons (Fsp3) is 0.280. The van der Waals surface area contributed by atoms with Gasteiger partial charge in [-0.1, -0.05) is 11.2 Å². The van der Waals surface area contributed by atoms with Crippen LogP contribution >= 0.6 is 0 Å². The van der Waals surface area contributed by atoms with Gasteiger partial charge in [-0.2, -0.15) is 0 Å². The summed E-state index contributed by atoms with van der Waals surface area (Å²) in [5.41, 5.74) is 2.72. The minimum absolute atomic E-state index is 0.0803. The maximum absolute atomic E-state index is 13.4. The number of nitrogens with zero attached hydrogens (tertiary/aromatic N) is 3. The number of esters is 1. The number of aromatic amines is 1. The lowest BCUT2D eigenvalue weighted by atomic mass is 10.1. The lowest BCUT2D eigenvalue weighted by molar-refractivity contribution is -0.167. The fourth-order valence-electron chi connectivity index (χ4n) is 4.39. The molecule has 3 heterocycles. The number of ether oxygens (including phenoxy) is 2. The molecule has 0 bridgehead atoms. The maximum atomic E-state index is 13.4. The number of morpholine rings is 1. The molecule has 2 N–H and O–H groups in total. The first-order valence-corrected chi connectivity index (χ1v) is 11.7. The summed E-state index contributed by atoms with van der Waals surface area (Å²) in [7, 11) is 1.70. The number of carbonyl (C=O) groups is 4. The lowest BCUT2D eigenvalue weighted by Gasteiger charge is -2.35. The van der Waals surface area contributed by atoms with Gasteiger partial charge in [0, 0.05) is 49.6 Å². The molecule has 2 aromatic carbocycles. The molecule has 2 unspecified atom stereocenters. The van der Waals surface area contributed by atoms with Gasteiger partial charge in [0.25, 0.3) is 17.7 Å². The molecule has 13 nitrogen and oxygen atoms in total. The van der Waals surface area contributed by atoms with E-state index in [0.717, 1.165) is 12.5 Å². The summed E-state index contributed by atoms with van der Waals surface area (Å²) in [6.45, 7) is 1.89. The number of hydrogen-bond acceptors (Lipinski definition) is 9. The first-order valence-electron chi connectivity index (χ1n) is 11.7. The first kappa shape index (κ1) is 24.9. The van der Waals surface area contributed by atoms with E-state index < -0.39 is 35.7 Å². The zero-order valence-corrected chi connectivity index (χ0v) is 20.4. The summed E-state index contributed by atoms with van der Waals surface area (Å²) < 4.78 is 15.3. The van der Waals surface area contributed by atoms with Gasteiger partial charge in [0.2, 0.25) is 6.10 Å². The molecule has 0 spiro atoms. The molecule has 0 saturated carbocycles. The lowest BCUT2D eigenvalue weighted by Crippen LogP contribution is -2.56. The topological polar surface area (TPSA) is 164 Å². The molecule has 3 aromatic rings. The number of hydrogen-bond donors (Lipinski definition) is 2. The number of H-pyrrole nitrogens is 1. The SMILES string of the molecule is CC(=O)OC(C(=O)Nc1ccc(-c2noc(=O)[nH]2)cc1)C1OCCN(c2ccc3c(c2)C(=O)N(C)C3)C1=O. The van der Waals surface area contributed by atoms with Crippen LogP contribution in [-0.4, -0.2) is 71.1 Å². The third-order valence-corrected chi connectivity index (χ3v) is 6.20. The number of aromatic nitrogens is 2. The van der Waals surface area contributed by atoms with Crippen molar-refractivity contribution in [3.63, 3.8) is 0 Å². The maximum Gasteiger partial charge on any atom is 0.439 e. The van der Waals surface area contributed by atoms with Gasteiger partial charge in [-0.05, 0) is 42.0 Å². The van der Waals surface area contributed by atoms with Crippen LogP contribution in [0.4, 0.5) is 11.4 Å². The molecular weight excluding hydrogens is 498 g/mol. The summed E-state index contributed by atoms with van der Waals surface area (Å²) in [4.78, 5) is 67.5. The Kier molecular flexibility index (Phi) is 6.51. The van der Waals surface area contributed by atoms with Gasteiger partial charge >= 0.3 is 11.7 Å². The van der Waals surface area contributed by atoms with E-state index in [1.165, 1.54) is 4.90 Å². The van der Waals surface area contributed by atoms with E-state index in [-0.39, 0.29) is 24.9 Å². The van der Waals surface area contributed by atoms with E-state index in [4.69, 9.17) is 9.47 Å². The Bertz CT molecular complexity index is 1480. The van der Waals surface area contributed by atoms with Gasteiger partial charge in [-0.3, -0.25) is 28.7 Å². The Morgan fingerprint density at radius 3 is 2.61 bits per heavy atom. The highest BCUT2D eigenvalue weighted by Crippen LogP contribution is 2.29. The molecule has 0 aliphatic carbocycles. The van der Waals surface area contributed by atoms with Crippen LogP contribution in [-0.2, 0) is 30.4 Å². The predicted octanol–water partition coefficient (Wildman–Crippen LogP) is 0.918. The van der Waals surface area contributed by atoms with E-state index in [0.29, 0.717) is 29.0 Å². The summed E-state index contributed by atoms with van der Waals surface area (Å²) in [5.74, 6) is -2.75. The second-order valence-electron chi connectivity index (χ2n) is 8.82. The third kappa shape index (κ3) is 4.78. The van der Waals surface area contributed by atoms with Crippen molar-refractivity contribution in [1.82, 2.24) is 15.0 Å². The Morgan fingerprint density at radius 1 is 1.16 bits per heavy atom. The molecule has 2 aliphatic rings. The van der Waals surface area contributed by atoms with Crippen molar-refractivity contribution >= 4 is 35.1 Å². The van der Waals surface area contributed by atoms with Crippen molar-refractivity contribution in [2.24, 2.45) is 0 Å². The van der Waals surface area contributed by atoms with Gasteiger partial charge in [0.1, 0.15) is 0 Å².